The van der Waals surface area contributed by atoms with E-state index in [-0.39, 0.29) is 35.7 Å². The molecule has 0 N–H and O–H groups in total. The summed E-state index contributed by atoms with van der Waals surface area (Å²) >= 11 is 0. The molecule has 15 heteroatoms. The van der Waals surface area contributed by atoms with Crippen molar-refractivity contribution in [3.05, 3.63) is 51.3 Å². The van der Waals surface area contributed by atoms with Gasteiger partial charge in [0.2, 0.25) is 0 Å². The topological polar surface area (TPSA) is 180 Å². The van der Waals surface area contributed by atoms with E-state index in [2.05, 4.69) is 10.3 Å². The van der Waals surface area contributed by atoms with E-state index < -0.39 is 53.2 Å². The van der Waals surface area contributed by atoms with Gasteiger partial charge in [0.25, 0.3) is 5.69 Å². The average Bonchev–Trinajstić information content (AvgIpc) is 3.52. The maximum atomic E-state index is 12.5. The lowest BCUT2D eigenvalue weighted by atomic mass is 10.1. The van der Waals surface area contributed by atoms with Gasteiger partial charge in [-0.2, -0.15) is 0 Å². The lowest BCUT2D eigenvalue weighted by Gasteiger charge is -2.24. The molecule has 0 unspecified atom stereocenters. The van der Waals surface area contributed by atoms with Gasteiger partial charge in [0, 0.05) is 12.1 Å². The van der Waals surface area contributed by atoms with Crippen molar-refractivity contribution >= 4 is 23.6 Å². The Morgan fingerprint density at radius 1 is 1.08 bits per heavy atom. The highest BCUT2D eigenvalue weighted by molar-refractivity contribution is 5.90. The van der Waals surface area contributed by atoms with Crippen LogP contribution in [-0.2, 0) is 39.6 Å². The molecule has 2 saturated heterocycles. The Hall–Kier alpha value is -3.95. The SMILES string of the molecule is COC(=O)Cc1c(C(=O)OC)nnn1[C@H]1O[C@H](COC(=O)c2ccc([N+](=O)[O-])cc2)[C@H]2OC(C)(C)O[C@@H]21. The minimum atomic E-state index is -1.02. The van der Waals surface area contributed by atoms with Gasteiger partial charge in [-0.3, -0.25) is 14.9 Å². The highest BCUT2D eigenvalue weighted by Gasteiger charge is 2.57. The number of hydrogen-bond acceptors (Lipinski definition) is 13. The van der Waals surface area contributed by atoms with E-state index in [1.165, 1.54) is 36.1 Å². The van der Waals surface area contributed by atoms with Crippen LogP contribution in [0.1, 0.15) is 46.6 Å². The van der Waals surface area contributed by atoms with Gasteiger partial charge in [-0.15, -0.1) is 5.10 Å². The fraction of sp³-hybridized carbons (Fsp3) is 0.500. The highest BCUT2D eigenvalue weighted by Crippen LogP contribution is 2.43. The molecule has 198 valence electrons. The molecule has 4 rings (SSSR count). The minimum Gasteiger partial charge on any atom is -0.469 e. The largest absolute Gasteiger partial charge is 0.469 e. The number of ether oxygens (including phenoxy) is 6. The number of non-ortho nitro benzene ring substituents is 1. The van der Waals surface area contributed by atoms with E-state index in [9.17, 15) is 24.5 Å². The fourth-order valence-corrected chi connectivity index (χ4v) is 4.10. The molecule has 2 aliphatic rings. The number of fused-ring (bicyclic) bond motifs is 1. The summed E-state index contributed by atoms with van der Waals surface area (Å²) in [6.45, 7) is 3.13. The zero-order chi connectivity index (χ0) is 26.9. The van der Waals surface area contributed by atoms with Crippen LogP contribution in [0.4, 0.5) is 5.69 Å². The Bertz CT molecular complexity index is 1210. The maximum Gasteiger partial charge on any atom is 0.360 e. The molecule has 0 aliphatic carbocycles. The number of rotatable bonds is 8. The molecule has 0 radical (unpaired) electrons. The molecule has 2 aromatic rings. The monoisotopic (exact) mass is 520 g/mol. The second kappa shape index (κ2) is 10.2. The maximum absolute atomic E-state index is 12.5. The summed E-state index contributed by atoms with van der Waals surface area (Å²) < 4.78 is 34.1. The van der Waals surface area contributed by atoms with Crippen molar-refractivity contribution in [2.24, 2.45) is 0 Å². The summed E-state index contributed by atoms with van der Waals surface area (Å²) in [5, 5.41) is 18.7. The van der Waals surface area contributed by atoms with E-state index in [1.807, 2.05) is 0 Å². The summed E-state index contributed by atoms with van der Waals surface area (Å²) in [7, 11) is 2.36. The van der Waals surface area contributed by atoms with Crippen molar-refractivity contribution in [2.75, 3.05) is 20.8 Å². The Morgan fingerprint density at radius 2 is 1.76 bits per heavy atom. The molecule has 2 fully saturated rings. The second-order valence-electron chi connectivity index (χ2n) is 8.61. The molecule has 0 bridgehead atoms. The minimum absolute atomic E-state index is 0.0827. The van der Waals surface area contributed by atoms with E-state index in [0.717, 1.165) is 7.11 Å². The van der Waals surface area contributed by atoms with Crippen molar-refractivity contribution < 1.29 is 47.7 Å². The van der Waals surface area contributed by atoms with Crippen molar-refractivity contribution in [3.63, 3.8) is 0 Å². The first-order valence-electron chi connectivity index (χ1n) is 11.1. The van der Waals surface area contributed by atoms with Crippen LogP contribution in [0, 0.1) is 10.1 Å². The predicted molar refractivity (Wildman–Crippen MR) is 118 cm³/mol. The van der Waals surface area contributed by atoms with E-state index >= 15 is 0 Å². The molecule has 0 amide bonds. The third-order valence-electron chi connectivity index (χ3n) is 5.77. The third kappa shape index (κ3) is 5.28. The number of carbonyl (C=O) groups is 3. The Kier molecular flexibility index (Phi) is 7.20. The number of nitro groups is 1. The molecule has 4 atom stereocenters. The van der Waals surface area contributed by atoms with Crippen LogP contribution >= 0.6 is 0 Å². The Morgan fingerprint density at radius 3 is 2.38 bits per heavy atom. The lowest BCUT2D eigenvalue weighted by Crippen LogP contribution is -2.33. The van der Waals surface area contributed by atoms with Gasteiger partial charge in [-0.05, 0) is 26.0 Å². The first-order valence-corrected chi connectivity index (χ1v) is 11.1. The zero-order valence-corrected chi connectivity index (χ0v) is 20.3. The quantitative estimate of drug-likeness (QED) is 0.208. The summed E-state index contributed by atoms with van der Waals surface area (Å²) in [6, 6.07) is 4.95. The van der Waals surface area contributed by atoms with Crippen LogP contribution in [-0.4, -0.2) is 82.8 Å². The van der Waals surface area contributed by atoms with Crippen molar-refractivity contribution in [1.82, 2.24) is 15.0 Å². The van der Waals surface area contributed by atoms with Crippen LogP contribution in [0.3, 0.4) is 0 Å². The van der Waals surface area contributed by atoms with Crippen LogP contribution < -0.4 is 0 Å². The smallest absolute Gasteiger partial charge is 0.360 e. The van der Waals surface area contributed by atoms with Gasteiger partial charge < -0.3 is 28.4 Å². The van der Waals surface area contributed by atoms with E-state index in [0.29, 0.717) is 0 Å². The number of methoxy groups -OCH3 is 2. The van der Waals surface area contributed by atoms with E-state index in [4.69, 9.17) is 28.4 Å². The second-order valence-corrected chi connectivity index (χ2v) is 8.61. The molecule has 15 nitrogen and oxygen atoms in total. The Balaban J connectivity index is 1.56. The number of nitrogens with zero attached hydrogens (tertiary/aromatic N) is 4. The molecular formula is C22H24N4O11. The molecule has 1 aromatic heterocycles. The summed E-state index contributed by atoms with van der Waals surface area (Å²) in [6.07, 6.45) is -3.64. The number of carbonyl (C=O) groups excluding carboxylic acids is 3. The number of hydrogen-bond donors (Lipinski definition) is 0. The number of aromatic nitrogens is 3. The molecule has 2 aliphatic heterocycles. The van der Waals surface area contributed by atoms with Crippen molar-refractivity contribution in [3.8, 4) is 0 Å². The molecule has 37 heavy (non-hydrogen) atoms. The zero-order valence-electron chi connectivity index (χ0n) is 20.3. The van der Waals surface area contributed by atoms with Gasteiger partial charge in [0.15, 0.2) is 17.7 Å². The van der Waals surface area contributed by atoms with Gasteiger partial charge in [-0.25, -0.2) is 14.3 Å². The molecule has 0 spiro atoms. The molecule has 3 heterocycles. The van der Waals surface area contributed by atoms with Crippen LogP contribution in [0.5, 0.6) is 0 Å². The normalized spacial score (nSPS) is 23.8. The van der Waals surface area contributed by atoms with Gasteiger partial charge >= 0.3 is 17.9 Å². The van der Waals surface area contributed by atoms with Crippen LogP contribution in [0.15, 0.2) is 24.3 Å². The standard InChI is InChI=1S/C22H24N4O11/c1-22(2)36-17-14(10-34-20(28)11-5-7-12(8-6-11)26(30)31)35-19(18(17)37-22)25-13(9-15(27)32-3)16(23-24-25)21(29)33-4/h5-8,14,17-19H,9-10H2,1-4H3/t14-,17-,18+,19+/m1/s1. The average molecular weight is 520 g/mol. The number of benzene rings is 1. The van der Waals surface area contributed by atoms with Gasteiger partial charge in [0.05, 0.1) is 36.8 Å². The summed E-state index contributed by atoms with van der Waals surface area (Å²) in [5.74, 6) is -3.21. The first kappa shape index (κ1) is 26.1. The lowest BCUT2D eigenvalue weighted by molar-refractivity contribution is -0.384. The highest BCUT2D eigenvalue weighted by atomic mass is 16.8. The first-order chi connectivity index (χ1) is 17.5. The Labute approximate surface area is 209 Å². The fourth-order valence-electron chi connectivity index (χ4n) is 4.10. The van der Waals surface area contributed by atoms with Crippen molar-refractivity contribution in [1.29, 1.82) is 0 Å². The third-order valence-corrected chi connectivity index (χ3v) is 5.77. The van der Waals surface area contributed by atoms with E-state index in [1.54, 1.807) is 13.8 Å². The summed E-state index contributed by atoms with van der Waals surface area (Å²) in [4.78, 5) is 47.0. The molecule has 1 aromatic carbocycles. The summed E-state index contributed by atoms with van der Waals surface area (Å²) in [5.41, 5.74) is -0.166. The van der Waals surface area contributed by atoms with Crippen LogP contribution in [0.2, 0.25) is 0 Å². The van der Waals surface area contributed by atoms with Gasteiger partial charge in [0.1, 0.15) is 24.9 Å². The van der Waals surface area contributed by atoms with Gasteiger partial charge in [-0.1, -0.05) is 5.21 Å². The molecular weight excluding hydrogens is 496 g/mol. The predicted octanol–water partition coefficient (Wildman–Crippen LogP) is 0.963. The number of esters is 3. The number of nitro benzene ring substituents is 1. The molecule has 0 saturated carbocycles. The van der Waals surface area contributed by atoms with Crippen molar-refractivity contribution in [2.45, 2.75) is 50.6 Å². The van der Waals surface area contributed by atoms with Crippen LogP contribution in [0.25, 0.3) is 0 Å².